The topological polar surface area (TPSA) is 61.7 Å². The van der Waals surface area contributed by atoms with Gasteiger partial charge in [-0.1, -0.05) is 58.0 Å². The van der Waals surface area contributed by atoms with Gasteiger partial charge in [0.15, 0.2) is 0 Å². The Morgan fingerprint density at radius 3 is 2.23 bits per heavy atom. The summed E-state index contributed by atoms with van der Waals surface area (Å²) < 4.78 is 5.18. The van der Waals surface area contributed by atoms with Crippen LogP contribution in [0.5, 0.6) is 5.75 Å². The Morgan fingerprint density at radius 1 is 1.03 bits per heavy atom. The van der Waals surface area contributed by atoms with Crippen molar-refractivity contribution in [2.75, 3.05) is 20.8 Å². The maximum absolute atomic E-state index is 8.88. The monoisotopic (exact) mass is 490 g/mol. The molecule has 0 bridgehead atoms. The summed E-state index contributed by atoms with van der Waals surface area (Å²) in [6.45, 7) is 8.97. The van der Waals surface area contributed by atoms with Gasteiger partial charge in [-0.2, -0.15) is 0 Å². The molecule has 3 rings (SSSR count). The SMILES string of the molecule is CC.CC.CO.COc1ccc(CCNC2CCc3cc(/C=C\O)ccc32)cc1.[Y]. The van der Waals surface area contributed by atoms with Gasteiger partial charge in [0.1, 0.15) is 5.75 Å². The second kappa shape index (κ2) is 19.7. The number of methoxy groups -OCH3 is 1. The molecule has 5 heteroatoms. The number of aliphatic hydroxyl groups excluding tert-OH is 2. The Kier molecular flexibility index (Phi) is 20.4. The molecule has 0 fully saturated rings. The Hall–Kier alpha value is -1.20. The molecule has 1 atom stereocenters. The van der Waals surface area contributed by atoms with E-state index in [1.165, 1.54) is 16.7 Å². The molecule has 0 saturated heterocycles. The van der Waals surface area contributed by atoms with Crippen LogP contribution in [-0.4, -0.2) is 31.0 Å². The Morgan fingerprint density at radius 2 is 1.67 bits per heavy atom. The van der Waals surface area contributed by atoms with Gasteiger partial charge in [0, 0.05) is 45.9 Å². The van der Waals surface area contributed by atoms with Crippen LogP contribution in [0.3, 0.4) is 0 Å². The number of hydrogen-bond acceptors (Lipinski definition) is 4. The molecule has 30 heavy (non-hydrogen) atoms. The van der Waals surface area contributed by atoms with Gasteiger partial charge in [0.2, 0.25) is 0 Å². The third-order valence-electron chi connectivity index (χ3n) is 4.48. The molecular formula is C25H39NO3Y. The molecule has 1 aliphatic carbocycles. The fourth-order valence-corrected chi connectivity index (χ4v) is 3.22. The minimum Gasteiger partial charge on any atom is -0.516 e. The predicted octanol–water partition coefficient (Wildman–Crippen LogP) is 5.70. The number of hydrogen-bond donors (Lipinski definition) is 3. The molecule has 4 nitrogen and oxygen atoms in total. The summed E-state index contributed by atoms with van der Waals surface area (Å²) in [4.78, 5) is 0. The van der Waals surface area contributed by atoms with Crippen LogP contribution in [0.4, 0.5) is 0 Å². The molecule has 165 valence electrons. The van der Waals surface area contributed by atoms with Crippen LogP contribution in [0.25, 0.3) is 6.08 Å². The van der Waals surface area contributed by atoms with Crippen molar-refractivity contribution < 1.29 is 47.7 Å². The van der Waals surface area contributed by atoms with Crippen LogP contribution in [0.1, 0.15) is 62.4 Å². The summed E-state index contributed by atoms with van der Waals surface area (Å²) in [7, 11) is 2.69. The minimum absolute atomic E-state index is 0. The second-order valence-corrected chi connectivity index (χ2v) is 5.92. The number of fused-ring (bicyclic) bond motifs is 1. The summed E-state index contributed by atoms with van der Waals surface area (Å²) >= 11 is 0. The standard InChI is InChI=1S/C20H23NO2.2C2H6.CH4O.Y/c1-23-18-6-2-15(3-7-18)10-12-21-20-9-5-17-14-16(11-13-22)4-8-19(17)20;3*1-2;/h2-4,6-8,11,13-14,20-22H,5,9-10,12H2,1H3;2*1-2H3;2H,1H3;/b13-11-;;;;. The molecule has 2 aromatic carbocycles. The first-order valence-corrected chi connectivity index (χ1v) is 10.5. The molecule has 1 unspecified atom stereocenters. The molecule has 1 radical (unpaired) electrons. The van der Waals surface area contributed by atoms with Crippen molar-refractivity contribution in [3.63, 3.8) is 0 Å². The van der Waals surface area contributed by atoms with Gasteiger partial charge >= 0.3 is 0 Å². The van der Waals surface area contributed by atoms with Crippen molar-refractivity contribution in [1.82, 2.24) is 5.32 Å². The first-order valence-electron chi connectivity index (χ1n) is 10.5. The smallest absolute Gasteiger partial charge is 0.118 e. The zero-order chi connectivity index (χ0) is 22.1. The van der Waals surface area contributed by atoms with E-state index in [0.29, 0.717) is 6.04 Å². The fourth-order valence-electron chi connectivity index (χ4n) is 3.22. The number of nitrogens with one attached hydrogen (secondary N) is 1. The Labute approximate surface area is 208 Å². The van der Waals surface area contributed by atoms with Crippen LogP contribution in [-0.2, 0) is 45.6 Å². The van der Waals surface area contributed by atoms with Crippen LogP contribution >= 0.6 is 0 Å². The van der Waals surface area contributed by atoms with E-state index in [0.717, 1.165) is 50.5 Å². The van der Waals surface area contributed by atoms with Crippen LogP contribution in [0.2, 0.25) is 0 Å². The quantitative estimate of drug-likeness (QED) is 0.455. The van der Waals surface area contributed by atoms with Crippen molar-refractivity contribution in [2.24, 2.45) is 0 Å². The second-order valence-electron chi connectivity index (χ2n) is 5.92. The maximum Gasteiger partial charge on any atom is 0.118 e. The summed E-state index contributed by atoms with van der Waals surface area (Å²) in [5.74, 6) is 0.902. The largest absolute Gasteiger partial charge is 0.516 e. The third-order valence-corrected chi connectivity index (χ3v) is 4.48. The average molecular weight is 490 g/mol. The van der Waals surface area contributed by atoms with Crippen LogP contribution in [0, 0.1) is 0 Å². The van der Waals surface area contributed by atoms with E-state index in [1.807, 2.05) is 39.8 Å². The van der Waals surface area contributed by atoms with E-state index >= 15 is 0 Å². The van der Waals surface area contributed by atoms with Gasteiger partial charge in [-0.3, -0.25) is 0 Å². The number of aryl methyl sites for hydroxylation is 1. The van der Waals surface area contributed by atoms with Crippen molar-refractivity contribution >= 4 is 6.08 Å². The van der Waals surface area contributed by atoms with E-state index in [9.17, 15) is 0 Å². The number of ether oxygens (including phenoxy) is 1. The molecule has 0 saturated carbocycles. The zero-order valence-corrected chi connectivity index (χ0v) is 22.3. The van der Waals surface area contributed by atoms with Gasteiger partial charge in [0.05, 0.1) is 13.4 Å². The van der Waals surface area contributed by atoms with Crippen molar-refractivity contribution in [2.45, 2.75) is 53.0 Å². The van der Waals surface area contributed by atoms with E-state index in [1.54, 1.807) is 13.2 Å². The summed E-state index contributed by atoms with van der Waals surface area (Å²) in [6, 6.07) is 15.1. The first kappa shape index (κ1) is 31.0. The average Bonchev–Trinajstić information content (AvgIpc) is 3.21. The van der Waals surface area contributed by atoms with Gasteiger partial charge in [-0.15, -0.1) is 0 Å². The van der Waals surface area contributed by atoms with E-state index < -0.39 is 0 Å². The Bertz CT molecular complexity index is 687. The van der Waals surface area contributed by atoms with E-state index in [2.05, 4.69) is 35.6 Å². The van der Waals surface area contributed by atoms with E-state index in [4.69, 9.17) is 14.9 Å². The molecule has 0 heterocycles. The predicted molar refractivity (Wildman–Crippen MR) is 125 cm³/mol. The minimum atomic E-state index is 0. The zero-order valence-electron chi connectivity index (χ0n) is 19.5. The molecule has 0 amide bonds. The van der Waals surface area contributed by atoms with Gasteiger partial charge < -0.3 is 20.3 Å². The van der Waals surface area contributed by atoms with Crippen LogP contribution in [0.15, 0.2) is 48.7 Å². The first-order chi connectivity index (χ1) is 14.3. The molecule has 0 aliphatic heterocycles. The summed E-state index contributed by atoms with van der Waals surface area (Å²) in [5.41, 5.74) is 5.17. The van der Waals surface area contributed by atoms with Gasteiger partial charge in [-0.25, -0.2) is 0 Å². The molecule has 1 aliphatic rings. The van der Waals surface area contributed by atoms with Gasteiger partial charge in [-0.05, 0) is 66.3 Å². The fraction of sp³-hybridized carbons (Fsp3) is 0.440. The molecular weight excluding hydrogens is 451 g/mol. The van der Waals surface area contributed by atoms with Crippen molar-refractivity contribution in [3.05, 3.63) is 71.0 Å². The summed E-state index contributed by atoms with van der Waals surface area (Å²) in [5, 5.41) is 19.5. The third kappa shape index (κ3) is 10.2. The molecule has 2 aromatic rings. The Balaban J connectivity index is 0. The molecule has 3 N–H and O–H groups in total. The molecule has 0 aromatic heterocycles. The maximum atomic E-state index is 8.88. The number of aliphatic hydroxyl groups is 2. The normalized spacial score (nSPS) is 13.4. The molecule has 0 spiro atoms. The number of rotatable bonds is 6. The van der Waals surface area contributed by atoms with Gasteiger partial charge in [0.25, 0.3) is 0 Å². The van der Waals surface area contributed by atoms with E-state index in [-0.39, 0.29) is 32.7 Å². The van der Waals surface area contributed by atoms with Crippen molar-refractivity contribution in [3.8, 4) is 5.75 Å². The van der Waals surface area contributed by atoms with Crippen molar-refractivity contribution in [1.29, 1.82) is 0 Å². The van der Waals surface area contributed by atoms with Crippen LogP contribution < -0.4 is 10.1 Å². The summed E-state index contributed by atoms with van der Waals surface area (Å²) in [6.07, 6.45) is 6.08. The number of benzene rings is 2.